The van der Waals surface area contributed by atoms with Gasteiger partial charge in [-0.3, -0.25) is 4.90 Å². The van der Waals surface area contributed by atoms with E-state index in [0.717, 1.165) is 31.3 Å². The summed E-state index contributed by atoms with van der Waals surface area (Å²) in [5.41, 5.74) is 0. The molecule has 2 nitrogen and oxygen atoms in total. The van der Waals surface area contributed by atoms with E-state index in [1.54, 1.807) is 0 Å². The number of aliphatic hydroxyl groups is 1. The lowest BCUT2D eigenvalue weighted by Gasteiger charge is -2.41. The SMILES string of the molecule is CCC(C)CN(CC)C1CC(CC)CCC1O. The predicted octanol–water partition coefficient (Wildman–Crippen LogP) is 3.29. The Morgan fingerprint density at radius 2 is 1.94 bits per heavy atom. The molecule has 1 aliphatic rings. The smallest absolute Gasteiger partial charge is 0.0695 e. The molecule has 0 heterocycles. The van der Waals surface area contributed by atoms with Crippen molar-refractivity contribution in [2.45, 2.75) is 71.9 Å². The molecule has 0 aromatic rings. The van der Waals surface area contributed by atoms with Crippen molar-refractivity contribution in [3.63, 3.8) is 0 Å². The van der Waals surface area contributed by atoms with Crippen molar-refractivity contribution in [1.29, 1.82) is 0 Å². The first-order chi connectivity index (χ1) is 8.12. The molecule has 0 aromatic carbocycles. The van der Waals surface area contributed by atoms with Crippen LogP contribution < -0.4 is 0 Å². The third-order valence-corrected chi connectivity index (χ3v) is 4.59. The van der Waals surface area contributed by atoms with Crippen molar-refractivity contribution in [3.05, 3.63) is 0 Å². The van der Waals surface area contributed by atoms with E-state index in [2.05, 4.69) is 32.6 Å². The van der Waals surface area contributed by atoms with E-state index < -0.39 is 0 Å². The van der Waals surface area contributed by atoms with Crippen molar-refractivity contribution >= 4 is 0 Å². The average molecular weight is 241 g/mol. The number of likely N-dealkylation sites (N-methyl/N-ethyl adjacent to an activating group) is 1. The van der Waals surface area contributed by atoms with Gasteiger partial charge in [-0.1, -0.05) is 40.5 Å². The van der Waals surface area contributed by atoms with Gasteiger partial charge in [0.25, 0.3) is 0 Å². The third kappa shape index (κ3) is 4.26. The Morgan fingerprint density at radius 3 is 2.47 bits per heavy atom. The predicted molar refractivity (Wildman–Crippen MR) is 74.1 cm³/mol. The Hall–Kier alpha value is -0.0800. The lowest BCUT2D eigenvalue weighted by Crippen LogP contribution is -2.48. The molecule has 1 saturated carbocycles. The third-order valence-electron chi connectivity index (χ3n) is 4.59. The molecule has 0 aliphatic heterocycles. The number of rotatable bonds is 6. The summed E-state index contributed by atoms with van der Waals surface area (Å²) in [5, 5.41) is 10.2. The van der Waals surface area contributed by atoms with E-state index in [1.165, 1.54) is 25.7 Å². The first-order valence-corrected chi connectivity index (χ1v) is 7.54. The summed E-state index contributed by atoms with van der Waals surface area (Å²) in [6.07, 6.45) is 5.82. The van der Waals surface area contributed by atoms with Gasteiger partial charge in [-0.05, 0) is 37.6 Å². The first kappa shape index (κ1) is 15.0. The molecule has 1 fully saturated rings. The van der Waals surface area contributed by atoms with Gasteiger partial charge in [0, 0.05) is 12.6 Å². The summed E-state index contributed by atoms with van der Waals surface area (Å²) in [6, 6.07) is 0.410. The fraction of sp³-hybridized carbons (Fsp3) is 1.00. The monoisotopic (exact) mass is 241 g/mol. The Kier molecular flexibility index (Phi) is 6.50. The van der Waals surface area contributed by atoms with Crippen LogP contribution in [0.25, 0.3) is 0 Å². The minimum absolute atomic E-state index is 0.0955. The zero-order valence-electron chi connectivity index (χ0n) is 12.2. The highest BCUT2D eigenvalue weighted by Crippen LogP contribution is 2.30. The van der Waals surface area contributed by atoms with Crippen LogP contribution in [0.5, 0.6) is 0 Å². The van der Waals surface area contributed by atoms with Crippen LogP contribution in [0, 0.1) is 11.8 Å². The molecular weight excluding hydrogens is 210 g/mol. The molecule has 0 amide bonds. The summed E-state index contributed by atoms with van der Waals surface area (Å²) in [5.74, 6) is 1.57. The van der Waals surface area contributed by atoms with E-state index in [0.29, 0.717) is 6.04 Å². The van der Waals surface area contributed by atoms with Crippen molar-refractivity contribution in [3.8, 4) is 0 Å². The van der Waals surface area contributed by atoms with Crippen LogP contribution in [0.15, 0.2) is 0 Å². The van der Waals surface area contributed by atoms with Gasteiger partial charge in [-0.25, -0.2) is 0 Å². The van der Waals surface area contributed by atoms with Gasteiger partial charge >= 0.3 is 0 Å². The minimum atomic E-state index is -0.0955. The minimum Gasteiger partial charge on any atom is -0.391 e. The zero-order chi connectivity index (χ0) is 12.8. The van der Waals surface area contributed by atoms with E-state index >= 15 is 0 Å². The van der Waals surface area contributed by atoms with Crippen LogP contribution in [0.4, 0.5) is 0 Å². The van der Waals surface area contributed by atoms with Crippen LogP contribution in [0.3, 0.4) is 0 Å². The van der Waals surface area contributed by atoms with Gasteiger partial charge in [0.15, 0.2) is 0 Å². The first-order valence-electron chi connectivity index (χ1n) is 7.54. The molecule has 17 heavy (non-hydrogen) atoms. The molecule has 0 spiro atoms. The highest BCUT2D eigenvalue weighted by atomic mass is 16.3. The van der Waals surface area contributed by atoms with Gasteiger partial charge in [-0.2, -0.15) is 0 Å². The largest absolute Gasteiger partial charge is 0.391 e. The van der Waals surface area contributed by atoms with E-state index in [4.69, 9.17) is 0 Å². The highest BCUT2D eigenvalue weighted by molar-refractivity contribution is 4.86. The standard InChI is InChI=1S/C15H31NO/c1-5-12(4)11-16(7-3)14-10-13(6-2)8-9-15(14)17/h12-15,17H,5-11H2,1-4H3. The molecule has 4 atom stereocenters. The van der Waals surface area contributed by atoms with Crippen LogP contribution in [-0.4, -0.2) is 35.2 Å². The van der Waals surface area contributed by atoms with Crippen LogP contribution in [0.2, 0.25) is 0 Å². The van der Waals surface area contributed by atoms with E-state index in [-0.39, 0.29) is 6.10 Å². The van der Waals surface area contributed by atoms with E-state index in [1.807, 2.05) is 0 Å². The highest BCUT2D eigenvalue weighted by Gasteiger charge is 2.32. The van der Waals surface area contributed by atoms with Crippen LogP contribution in [0.1, 0.15) is 59.8 Å². The second-order valence-electron chi connectivity index (χ2n) is 5.82. The topological polar surface area (TPSA) is 23.5 Å². The molecule has 1 rings (SSSR count). The van der Waals surface area contributed by atoms with Crippen molar-refractivity contribution < 1.29 is 5.11 Å². The van der Waals surface area contributed by atoms with Gasteiger partial charge in [-0.15, -0.1) is 0 Å². The summed E-state index contributed by atoms with van der Waals surface area (Å²) < 4.78 is 0. The van der Waals surface area contributed by atoms with Crippen molar-refractivity contribution in [2.24, 2.45) is 11.8 Å². The summed E-state index contributed by atoms with van der Waals surface area (Å²) in [6.45, 7) is 11.3. The summed E-state index contributed by atoms with van der Waals surface area (Å²) in [4.78, 5) is 2.51. The molecule has 0 aromatic heterocycles. The van der Waals surface area contributed by atoms with Gasteiger partial charge in [0.1, 0.15) is 0 Å². The molecule has 0 bridgehead atoms. The second-order valence-corrected chi connectivity index (χ2v) is 5.82. The molecule has 102 valence electrons. The molecule has 4 unspecified atom stereocenters. The van der Waals surface area contributed by atoms with Gasteiger partial charge in [0.05, 0.1) is 6.10 Å². The van der Waals surface area contributed by atoms with E-state index in [9.17, 15) is 5.11 Å². The number of hydrogen-bond acceptors (Lipinski definition) is 2. The molecule has 1 aliphatic carbocycles. The maximum Gasteiger partial charge on any atom is 0.0695 e. The average Bonchev–Trinajstić information content (AvgIpc) is 2.36. The fourth-order valence-corrected chi connectivity index (χ4v) is 3.01. The Labute approximate surface area is 107 Å². The molecule has 1 N–H and O–H groups in total. The molecule has 0 radical (unpaired) electrons. The Bertz CT molecular complexity index is 207. The van der Waals surface area contributed by atoms with Crippen LogP contribution >= 0.6 is 0 Å². The fourth-order valence-electron chi connectivity index (χ4n) is 3.01. The van der Waals surface area contributed by atoms with Gasteiger partial charge in [0.2, 0.25) is 0 Å². The Morgan fingerprint density at radius 1 is 1.24 bits per heavy atom. The number of aliphatic hydroxyl groups excluding tert-OH is 1. The van der Waals surface area contributed by atoms with Crippen molar-refractivity contribution in [2.75, 3.05) is 13.1 Å². The van der Waals surface area contributed by atoms with Crippen LogP contribution in [-0.2, 0) is 0 Å². The maximum atomic E-state index is 10.2. The quantitative estimate of drug-likeness (QED) is 0.771. The second kappa shape index (κ2) is 7.38. The molecule has 2 heteroatoms. The van der Waals surface area contributed by atoms with Crippen molar-refractivity contribution in [1.82, 2.24) is 4.90 Å². The summed E-state index contributed by atoms with van der Waals surface area (Å²) in [7, 11) is 0. The maximum absolute atomic E-state index is 10.2. The zero-order valence-corrected chi connectivity index (χ0v) is 12.2. The molecular formula is C15H31NO. The van der Waals surface area contributed by atoms with Gasteiger partial charge < -0.3 is 5.11 Å². The Balaban J connectivity index is 2.58. The number of hydrogen-bond donors (Lipinski definition) is 1. The lowest BCUT2D eigenvalue weighted by molar-refractivity contribution is -0.000998. The molecule has 0 saturated heterocycles. The lowest BCUT2D eigenvalue weighted by atomic mass is 9.81. The number of nitrogens with zero attached hydrogens (tertiary/aromatic N) is 1. The summed E-state index contributed by atoms with van der Waals surface area (Å²) >= 11 is 0. The normalized spacial score (nSPS) is 31.8.